The molecule has 0 N–H and O–H groups in total. The number of rotatable bonds is 4. The second-order valence-corrected chi connectivity index (χ2v) is 8.29. The average molecular weight is 402 g/mol. The lowest BCUT2D eigenvalue weighted by Gasteiger charge is -2.45. The first-order valence-corrected chi connectivity index (χ1v) is 10.5. The van der Waals surface area contributed by atoms with Gasteiger partial charge in [-0.15, -0.1) is 0 Å². The van der Waals surface area contributed by atoms with Crippen molar-refractivity contribution in [3.63, 3.8) is 0 Å². The average Bonchev–Trinajstić information content (AvgIpc) is 3.09. The van der Waals surface area contributed by atoms with Gasteiger partial charge in [0.15, 0.2) is 0 Å². The van der Waals surface area contributed by atoms with Crippen molar-refractivity contribution in [2.75, 3.05) is 4.90 Å². The van der Waals surface area contributed by atoms with Crippen molar-refractivity contribution in [3.8, 4) is 0 Å². The summed E-state index contributed by atoms with van der Waals surface area (Å²) >= 11 is 0. The molecule has 0 spiro atoms. The topological polar surface area (TPSA) is 50.5 Å². The third-order valence-electron chi connectivity index (χ3n) is 6.52. The molecule has 2 aromatic carbocycles. The van der Waals surface area contributed by atoms with E-state index in [4.69, 9.17) is 0 Å². The van der Waals surface area contributed by atoms with Crippen LogP contribution >= 0.6 is 0 Å². The summed E-state index contributed by atoms with van der Waals surface area (Å²) in [5.74, 6) is 0.781. The van der Waals surface area contributed by atoms with Gasteiger partial charge in [0.2, 0.25) is 0 Å². The van der Waals surface area contributed by atoms with Crippen molar-refractivity contribution in [1.82, 2.24) is 14.0 Å². The lowest BCUT2D eigenvalue weighted by Crippen LogP contribution is -2.54. The van der Waals surface area contributed by atoms with E-state index in [-0.39, 0.29) is 23.5 Å². The monoisotopic (exact) mass is 402 g/mol. The maximum Gasteiger partial charge on any atom is 0.332 e. The predicted molar refractivity (Wildman–Crippen MR) is 117 cm³/mol. The fraction of sp³-hybridized carbons (Fsp3) is 0.333. The zero-order valence-corrected chi connectivity index (χ0v) is 17.4. The molecule has 0 amide bonds. The molecule has 0 aliphatic carbocycles. The molecule has 6 nitrogen and oxygen atoms in total. The number of fused-ring (bicyclic) bond motifs is 4. The standard InChI is InChI=1S/C24H26N4O2/c1-25-22-21(23(29)26(2)24(25)30)19-13-14-20(27(19)15-17-9-5-3-6-10-17)28(22)16-18-11-7-4-8-12-18/h3-12,19-20H,13-16H2,1-2H3/t19-,20-/m0/s1. The number of hydrogen-bond donors (Lipinski definition) is 0. The summed E-state index contributed by atoms with van der Waals surface area (Å²) in [7, 11) is 3.36. The first kappa shape index (κ1) is 18.9. The van der Waals surface area contributed by atoms with Gasteiger partial charge in [-0.25, -0.2) is 4.79 Å². The summed E-state index contributed by atoms with van der Waals surface area (Å²) in [6, 6.07) is 20.7. The van der Waals surface area contributed by atoms with Crippen LogP contribution in [0.25, 0.3) is 0 Å². The van der Waals surface area contributed by atoms with E-state index in [1.807, 2.05) is 24.3 Å². The molecule has 154 valence electrons. The molecule has 3 aromatic rings. The molecule has 2 bridgehead atoms. The molecule has 2 aliphatic rings. The first-order valence-electron chi connectivity index (χ1n) is 10.5. The third-order valence-corrected chi connectivity index (χ3v) is 6.52. The van der Waals surface area contributed by atoms with Crippen LogP contribution in [-0.4, -0.2) is 20.2 Å². The van der Waals surface area contributed by atoms with E-state index in [0.717, 1.165) is 30.8 Å². The Morgan fingerprint density at radius 3 is 2.03 bits per heavy atom. The Bertz CT molecular complexity index is 1180. The van der Waals surface area contributed by atoms with E-state index >= 15 is 0 Å². The van der Waals surface area contributed by atoms with Crippen LogP contribution in [0.5, 0.6) is 0 Å². The number of benzene rings is 2. The van der Waals surface area contributed by atoms with Gasteiger partial charge in [0.1, 0.15) is 5.82 Å². The van der Waals surface area contributed by atoms with Crippen molar-refractivity contribution in [2.24, 2.45) is 14.1 Å². The number of hydrogen-bond acceptors (Lipinski definition) is 4. The van der Waals surface area contributed by atoms with E-state index in [0.29, 0.717) is 6.54 Å². The fourth-order valence-electron chi connectivity index (χ4n) is 5.10. The highest BCUT2D eigenvalue weighted by Crippen LogP contribution is 2.46. The van der Waals surface area contributed by atoms with Crippen LogP contribution in [0.15, 0.2) is 70.3 Å². The summed E-state index contributed by atoms with van der Waals surface area (Å²) in [4.78, 5) is 30.7. The molecule has 1 fully saturated rings. The summed E-state index contributed by atoms with van der Waals surface area (Å²) in [5, 5.41) is 0. The van der Waals surface area contributed by atoms with Gasteiger partial charge in [-0.2, -0.15) is 0 Å². The van der Waals surface area contributed by atoms with Crippen LogP contribution in [0.1, 0.15) is 35.6 Å². The SMILES string of the molecule is Cn1c2c(c(=O)n(C)c1=O)[C@@H]1CC[C@H](N2Cc2ccccc2)N1Cc1ccccc1. The Labute approximate surface area is 175 Å². The summed E-state index contributed by atoms with van der Waals surface area (Å²) in [6.45, 7) is 1.45. The second kappa shape index (κ2) is 7.29. The molecule has 30 heavy (non-hydrogen) atoms. The molecular weight excluding hydrogens is 376 g/mol. The highest BCUT2D eigenvalue weighted by molar-refractivity contribution is 5.54. The fourth-order valence-corrected chi connectivity index (χ4v) is 5.10. The molecule has 5 rings (SSSR count). The van der Waals surface area contributed by atoms with Crippen LogP contribution in [0, 0.1) is 0 Å². The van der Waals surface area contributed by atoms with Gasteiger partial charge in [0.05, 0.1) is 11.7 Å². The Hall–Kier alpha value is -3.12. The molecule has 2 atom stereocenters. The molecule has 1 aromatic heterocycles. The molecular formula is C24H26N4O2. The van der Waals surface area contributed by atoms with Crippen LogP contribution in [0.2, 0.25) is 0 Å². The van der Waals surface area contributed by atoms with Gasteiger partial charge in [-0.3, -0.25) is 18.8 Å². The van der Waals surface area contributed by atoms with Gasteiger partial charge in [0, 0.05) is 33.2 Å². The van der Waals surface area contributed by atoms with E-state index in [1.54, 1.807) is 18.7 Å². The third kappa shape index (κ3) is 2.91. The lowest BCUT2D eigenvalue weighted by atomic mass is 10.0. The Morgan fingerprint density at radius 1 is 0.800 bits per heavy atom. The minimum Gasteiger partial charge on any atom is -0.337 e. The van der Waals surface area contributed by atoms with Crippen LogP contribution < -0.4 is 16.1 Å². The predicted octanol–water partition coefficient (Wildman–Crippen LogP) is 2.77. The summed E-state index contributed by atoms with van der Waals surface area (Å²) < 4.78 is 2.91. The maximum atomic E-state index is 13.3. The Kier molecular flexibility index (Phi) is 4.59. The van der Waals surface area contributed by atoms with Crippen LogP contribution in [0.4, 0.5) is 5.82 Å². The normalized spacial score (nSPS) is 20.4. The largest absolute Gasteiger partial charge is 0.337 e. The number of nitrogens with zero attached hydrogens (tertiary/aromatic N) is 4. The number of anilines is 1. The van der Waals surface area contributed by atoms with E-state index < -0.39 is 0 Å². The van der Waals surface area contributed by atoms with Crippen molar-refractivity contribution in [1.29, 1.82) is 0 Å². The lowest BCUT2D eigenvalue weighted by molar-refractivity contribution is 0.160. The van der Waals surface area contributed by atoms with E-state index in [1.165, 1.54) is 15.7 Å². The quantitative estimate of drug-likeness (QED) is 0.673. The van der Waals surface area contributed by atoms with E-state index in [2.05, 4.69) is 46.2 Å². The zero-order chi connectivity index (χ0) is 20.8. The molecule has 6 heteroatoms. The first-order chi connectivity index (χ1) is 14.6. The van der Waals surface area contributed by atoms with Crippen LogP contribution in [0.3, 0.4) is 0 Å². The molecule has 3 heterocycles. The van der Waals surface area contributed by atoms with Gasteiger partial charge in [-0.05, 0) is 24.0 Å². The van der Waals surface area contributed by atoms with Gasteiger partial charge < -0.3 is 4.90 Å². The second-order valence-electron chi connectivity index (χ2n) is 8.29. The van der Waals surface area contributed by atoms with E-state index in [9.17, 15) is 9.59 Å². The van der Waals surface area contributed by atoms with Gasteiger partial charge in [0.25, 0.3) is 5.56 Å². The van der Waals surface area contributed by atoms with Crippen molar-refractivity contribution >= 4 is 5.82 Å². The summed E-state index contributed by atoms with van der Waals surface area (Å²) in [5.41, 5.74) is 2.71. The highest BCUT2D eigenvalue weighted by atomic mass is 16.2. The van der Waals surface area contributed by atoms with Gasteiger partial charge in [-0.1, -0.05) is 60.7 Å². The minimum absolute atomic E-state index is 0.0303. The molecule has 1 saturated heterocycles. The van der Waals surface area contributed by atoms with Crippen molar-refractivity contribution < 1.29 is 0 Å². The van der Waals surface area contributed by atoms with Crippen molar-refractivity contribution in [3.05, 3.63) is 98.2 Å². The molecule has 0 unspecified atom stereocenters. The molecule has 0 radical (unpaired) electrons. The zero-order valence-electron chi connectivity index (χ0n) is 17.4. The highest BCUT2D eigenvalue weighted by Gasteiger charge is 2.47. The Morgan fingerprint density at radius 2 is 1.40 bits per heavy atom. The molecule has 2 aliphatic heterocycles. The van der Waals surface area contributed by atoms with Crippen molar-refractivity contribution in [2.45, 2.75) is 38.1 Å². The maximum absolute atomic E-state index is 13.3. The summed E-state index contributed by atoms with van der Waals surface area (Å²) in [6.07, 6.45) is 2.04. The smallest absolute Gasteiger partial charge is 0.332 e. The van der Waals surface area contributed by atoms with Gasteiger partial charge >= 0.3 is 5.69 Å². The number of aromatic nitrogens is 2. The Balaban J connectivity index is 1.67. The molecule has 0 saturated carbocycles. The minimum atomic E-state index is -0.271. The van der Waals surface area contributed by atoms with Crippen LogP contribution in [-0.2, 0) is 27.2 Å².